The Bertz CT molecular complexity index is 1190. The number of halogens is 1. The van der Waals surface area contributed by atoms with Gasteiger partial charge in [-0.1, -0.05) is 23.7 Å². The second-order valence-electron chi connectivity index (χ2n) is 7.68. The van der Waals surface area contributed by atoms with Crippen LogP contribution in [-0.4, -0.2) is 37.1 Å². The molecule has 0 amide bonds. The van der Waals surface area contributed by atoms with E-state index < -0.39 is 21.6 Å². The number of methoxy groups -OCH3 is 1. The Hall–Kier alpha value is -2.69. The molecule has 0 aliphatic rings. The lowest BCUT2D eigenvalue weighted by atomic mass is 10.2. The number of hydrogen-bond donors (Lipinski definition) is 0. The third-order valence-electron chi connectivity index (χ3n) is 4.14. The molecule has 32 heavy (non-hydrogen) atoms. The van der Waals surface area contributed by atoms with Crippen LogP contribution < -0.4 is 9.04 Å². The molecular formula is C21H22ClN3O5S2. The molecule has 170 valence electrons. The molecule has 0 fully saturated rings. The molecule has 0 saturated heterocycles. The molecule has 0 N–H and O–H groups in total. The smallest absolute Gasteiger partial charge is 0.360 e. The SMILES string of the molecule is COc1ccc(CN(c2scnc2C(=O)OC(C)(C)C)S(=O)(=O)c2ccc(Cl)nc2)cc1. The Morgan fingerprint density at radius 1 is 1.12 bits per heavy atom. The Balaban J connectivity index is 2.08. The highest BCUT2D eigenvalue weighted by molar-refractivity contribution is 7.93. The summed E-state index contributed by atoms with van der Waals surface area (Å²) >= 11 is 6.85. The zero-order valence-electron chi connectivity index (χ0n) is 17.9. The molecule has 0 saturated carbocycles. The Morgan fingerprint density at radius 3 is 2.38 bits per heavy atom. The minimum atomic E-state index is -4.11. The van der Waals surface area contributed by atoms with Crippen LogP contribution in [-0.2, 0) is 21.3 Å². The molecule has 11 heteroatoms. The maximum atomic E-state index is 13.6. The molecule has 2 heterocycles. The van der Waals surface area contributed by atoms with E-state index in [2.05, 4.69) is 9.97 Å². The van der Waals surface area contributed by atoms with Gasteiger partial charge in [-0.15, -0.1) is 11.3 Å². The summed E-state index contributed by atoms with van der Waals surface area (Å²) in [6.45, 7) is 5.12. The van der Waals surface area contributed by atoms with Crippen LogP contribution in [0, 0.1) is 0 Å². The predicted molar refractivity (Wildman–Crippen MR) is 123 cm³/mol. The van der Waals surface area contributed by atoms with E-state index in [9.17, 15) is 13.2 Å². The number of carbonyl (C=O) groups is 1. The fraction of sp³-hybridized carbons (Fsp3) is 0.286. The summed E-state index contributed by atoms with van der Waals surface area (Å²) < 4.78 is 38.9. The van der Waals surface area contributed by atoms with Crippen molar-refractivity contribution in [3.8, 4) is 5.75 Å². The minimum absolute atomic E-state index is 0.0487. The van der Waals surface area contributed by atoms with Crippen molar-refractivity contribution in [1.82, 2.24) is 9.97 Å². The van der Waals surface area contributed by atoms with E-state index in [1.807, 2.05) is 0 Å². The lowest BCUT2D eigenvalue weighted by Crippen LogP contribution is -2.32. The van der Waals surface area contributed by atoms with Crippen LogP contribution >= 0.6 is 22.9 Å². The summed E-state index contributed by atoms with van der Waals surface area (Å²) in [5.41, 5.74) is 1.24. The van der Waals surface area contributed by atoms with Crippen LogP contribution in [0.5, 0.6) is 5.75 Å². The number of aromatic nitrogens is 2. The summed E-state index contributed by atoms with van der Waals surface area (Å²) in [4.78, 5) is 20.7. The van der Waals surface area contributed by atoms with Gasteiger partial charge in [-0.3, -0.25) is 4.31 Å². The Labute approximate surface area is 195 Å². The number of thiazole rings is 1. The van der Waals surface area contributed by atoms with Crippen molar-refractivity contribution in [2.24, 2.45) is 0 Å². The number of ether oxygens (including phenoxy) is 2. The van der Waals surface area contributed by atoms with E-state index in [1.165, 1.54) is 23.8 Å². The molecule has 8 nitrogen and oxygen atoms in total. The number of anilines is 1. The van der Waals surface area contributed by atoms with Crippen molar-refractivity contribution in [3.63, 3.8) is 0 Å². The second kappa shape index (κ2) is 9.43. The van der Waals surface area contributed by atoms with Crippen molar-refractivity contribution in [3.05, 3.63) is 64.5 Å². The predicted octanol–water partition coefficient (Wildman–Crippen LogP) is 4.55. The average Bonchev–Trinajstić information content (AvgIpc) is 3.21. The van der Waals surface area contributed by atoms with Gasteiger partial charge in [0.2, 0.25) is 0 Å². The lowest BCUT2D eigenvalue weighted by molar-refractivity contribution is 0.00646. The van der Waals surface area contributed by atoms with Gasteiger partial charge < -0.3 is 9.47 Å². The molecule has 3 rings (SSSR count). The van der Waals surface area contributed by atoms with Crippen LogP contribution in [0.4, 0.5) is 5.00 Å². The summed E-state index contributed by atoms with van der Waals surface area (Å²) in [7, 11) is -2.57. The van der Waals surface area contributed by atoms with Gasteiger partial charge in [0.15, 0.2) is 5.69 Å². The number of esters is 1. The second-order valence-corrected chi connectivity index (χ2v) is 10.8. The minimum Gasteiger partial charge on any atom is -0.497 e. The fourth-order valence-corrected chi connectivity index (χ4v) is 5.22. The van der Waals surface area contributed by atoms with Gasteiger partial charge in [0.05, 0.1) is 19.2 Å². The third kappa shape index (κ3) is 5.56. The summed E-state index contributed by atoms with van der Waals surface area (Å²) in [6, 6.07) is 9.70. The highest BCUT2D eigenvalue weighted by Crippen LogP contribution is 2.33. The van der Waals surface area contributed by atoms with Gasteiger partial charge in [-0.05, 0) is 50.6 Å². The maximum Gasteiger partial charge on any atom is 0.360 e. The van der Waals surface area contributed by atoms with Crippen LogP contribution in [0.25, 0.3) is 0 Å². The number of carbonyl (C=O) groups excluding carboxylic acids is 1. The molecular weight excluding hydrogens is 474 g/mol. The Morgan fingerprint density at radius 2 is 1.81 bits per heavy atom. The molecule has 0 aliphatic heterocycles. The molecule has 3 aromatic rings. The van der Waals surface area contributed by atoms with Crippen molar-refractivity contribution >= 4 is 43.9 Å². The normalized spacial score (nSPS) is 11.8. The van der Waals surface area contributed by atoms with Crippen LogP contribution in [0.15, 0.2) is 53.0 Å². The monoisotopic (exact) mass is 495 g/mol. The number of rotatable bonds is 7. The molecule has 0 bridgehead atoms. The number of pyridine rings is 1. The van der Waals surface area contributed by atoms with E-state index >= 15 is 0 Å². The first-order valence-electron chi connectivity index (χ1n) is 9.45. The van der Waals surface area contributed by atoms with Crippen molar-refractivity contribution in [1.29, 1.82) is 0 Å². The quantitative estimate of drug-likeness (QED) is 0.350. The lowest BCUT2D eigenvalue weighted by Gasteiger charge is -2.25. The van der Waals surface area contributed by atoms with E-state index in [1.54, 1.807) is 52.1 Å². The van der Waals surface area contributed by atoms with Crippen LogP contribution in [0.1, 0.15) is 36.8 Å². The van der Waals surface area contributed by atoms with E-state index in [0.717, 1.165) is 15.6 Å². The highest BCUT2D eigenvalue weighted by Gasteiger charge is 2.33. The zero-order chi connectivity index (χ0) is 23.5. The zero-order valence-corrected chi connectivity index (χ0v) is 20.3. The molecule has 0 aliphatic carbocycles. The van der Waals surface area contributed by atoms with Crippen LogP contribution in [0.2, 0.25) is 5.15 Å². The summed E-state index contributed by atoms with van der Waals surface area (Å²) in [5, 5.41) is 0.308. The average molecular weight is 496 g/mol. The van der Waals surface area contributed by atoms with E-state index in [0.29, 0.717) is 11.3 Å². The molecule has 0 spiro atoms. The fourth-order valence-electron chi connectivity index (χ4n) is 2.69. The van der Waals surface area contributed by atoms with Gasteiger partial charge in [0.25, 0.3) is 10.0 Å². The van der Waals surface area contributed by atoms with Crippen molar-refractivity contribution < 1.29 is 22.7 Å². The number of benzene rings is 1. The number of nitrogens with zero attached hydrogens (tertiary/aromatic N) is 3. The largest absolute Gasteiger partial charge is 0.497 e. The summed E-state index contributed by atoms with van der Waals surface area (Å²) in [5.74, 6) is -0.0739. The highest BCUT2D eigenvalue weighted by atomic mass is 35.5. The van der Waals surface area contributed by atoms with E-state index in [-0.39, 0.29) is 27.3 Å². The number of hydrogen-bond acceptors (Lipinski definition) is 8. The van der Waals surface area contributed by atoms with Crippen LogP contribution in [0.3, 0.4) is 0 Å². The topological polar surface area (TPSA) is 98.7 Å². The Kier molecular flexibility index (Phi) is 7.06. The summed E-state index contributed by atoms with van der Waals surface area (Å²) in [6.07, 6.45) is 1.17. The third-order valence-corrected chi connectivity index (χ3v) is 7.06. The maximum absolute atomic E-state index is 13.6. The molecule has 2 aromatic heterocycles. The van der Waals surface area contributed by atoms with Gasteiger partial charge in [-0.25, -0.2) is 23.2 Å². The van der Waals surface area contributed by atoms with Crippen molar-refractivity contribution in [2.75, 3.05) is 11.4 Å². The van der Waals surface area contributed by atoms with Gasteiger partial charge in [-0.2, -0.15) is 0 Å². The molecule has 0 atom stereocenters. The van der Waals surface area contributed by atoms with Gasteiger partial charge in [0.1, 0.15) is 26.4 Å². The first kappa shape index (κ1) is 24.0. The molecule has 1 aromatic carbocycles. The van der Waals surface area contributed by atoms with Gasteiger partial charge in [0, 0.05) is 6.20 Å². The molecule has 0 radical (unpaired) electrons. The van der Waals surface area contributed by atoms with E-state index in [4.69, 9.17) is 21.1 Å². The first-order chi connectivity index (χ1) is 15.0. The molecule has 0 unspecified atom stereocenters. The number of sulfonamides is 1. The van der Waals surface area contributed by atoms with Crippen molar-refractivity contribution in [2.45, 2.75) is 37.8 Å². The first-order valence-corrected chi connectivity index (χ1v) is 12.1. The van der Waals surface area contributed by atoms with Gasteiger partial charge >= 0.3 is 5.97 Å². The standard InChI is InChI=1S/C21H22ClN3O5S2/c1-21(2,3)30-20(26)18-19(31-13-24-18)25(12-14-5-7-15(29-4)8-6-14)32(27,28)16-9-10-17(22)23-11-16/h5-11,13H,12H2,1-4H3.